The Morgan fingerprint density at radius 2 is 1.65 bits per heavy atom. The number of amides is 1. The van der Waals surface area contributed by atoms with Crippen LogP contribution in [0.3, 0.4) is 0 Å². The van der Waals surface area contributed by atoms with Crippen LogP contribution in [0.4, 0.5) is 0 Å². The van der Waals surface area contributed by atoms with Crippen molar-refractivity contribution in [3.8, 4) is 22.6 Å². The van der Waals surface area contributed by atoms with Crippen LogP contribution < -0.4 is 14.8 Å². The maximum absolute atomic E-state index is 13.2. The fraction of sp³-hybridized carbons (Fsp3) is 0.120. The molecule has 6 heteroatoms. The van der Waals surface area contributed by atoms with Gasteiger partial charge in [-0.15, -0.1) is 0 Å². The van der Waals surface area contributed by atoms with Crippen molar-refractivity contribution < 1.29 is 19.1 Å². The molecular weight excluding hydrogens is 392 g/mol. The molecule has 0 aliphatic heterocycles. The van der Waals surface area contributed by atoms with Crippen LogP contribution >= 0.6 is 0 Å². The van der Waals surface area contributed by atoms with Crippen LogP contribution in [0.15, 0.2) is 79.0 Å². The van der Waals surface area contributed by atoms with Gasteiger partial charge >= 0.3 is 0 Å². The molecule has 0 fully saturated rings. The molecule has 0 atom stereocenters. The first kappa shape index (κ1) is 20.2. The number of Topliss-reactive ketones (excluding diaryl/α,β-unsaturated/α-hetero) is 1. The normalized spacial score (nSPS) is 10.6. The number of ether oxygens (including phenoxy) is 2. The molecule has 4 aromatic rings. The third-order valence-electron chi connectivity index (χ3n) is 5.13. The second kappa shape index (κ2) is 8.75. The van der Waals surface area contributed by atoms with Crippen LogP contribution in [0.25, 0.3) is 16.6 Å². The van der Waals surface area contributed by atoms with Crippen molar-refractivity contribution in [3.63, 3.8) is 0 Å². The van der Waals surface area contributed by atoms with Crippen molar-refractivity contribution in [3.05, 3.63) is 90.3 Å². The highest BCUT2D eigenvalue weighted by molar-refractivity contribution is 6.43. The Hall–Kier alpha value is -4.06. The summed E-state index contributed by atoms with van der Waals surface area (Å²) in [4.78, 5) is 26.0. The van der Waals surface area contributed by atoms with Gasteiger partial charge in [-0.2, -0.15) is 0 Å². The Labute approximate surface area is 180 Å². The zero-order chi connectivity index (χ0) is 21.8. The number of methoxy groups -OCH3 is 2. The first-order chi connectivity index (χ1) is 15.1. The lowest BCUT2D eigenvalue weighted by atomic mass is 10.0. The number of rotatable bonds is 7. The molecule has 0 unspecified atom stereocenters. The Morgan fingerprint density at radius 3 is 2.39 bits per heavy atom. The molecule has 0 bridgehead atoms. The fourth-order valence-corrected chi connectivity index (χ4v) is 3.56. The van der Waals surface area contributed by atoms with E-state index in [1.54, 1.807) is 24.8 Å². The minimum Gasteiger partial charge on any atom is -0.497 e. The third kappa shape index (κ3) is 4.00. The van der Waals surface area contributed by atoms with Gasteiger partial charge in [0, 0.05) is 29.4 Å². The number of nitrogens with zero attached hydrogens (tertiary/aromatic N) is 1. The van der Waals surface area contributed by atoms with E-state index in [0.29, 0.717) is 17.0 Å². The highest BCUT2D eigenvalue weighted by atomic mass is 16.5. The maximum atomic E-state index is 13.2. The first-order valence-corrected chi connectivity index (χ1v) is 9.81. The van der Waals surface area contributed by atoms with E-state index in [2.05, 4.69) is 5.32 Å². The van der Waals surface area contributed by atoms with E-state index in [9.17, 15) is 9.59 Å². The van der Waals surface area contributed by atoms with E-state index in [-0.39, 0.29) is 6.54 Å². The summed E-state index contributed by atoms with van der Waals surface area (Å²) in [6.07, 6.45) is 1.78. The Bertz CT molecular complexity index is 1240. The largest absolute Gasteiger partial charge is 0.497 e. The minimum atomic E-state index is -0.676. The van der Waals surface area contributed by atoms with Crippen LogP contribution in [-0.2, 0) is 11.3 Å². The number of fused-ring (bicyclic) bond motifs is 1. The average Bonchev–Trinajstić information content (AvgIpc) is 3.21. The van der Waals surface area contributed by atoms with Gasteiger partial charge in [-0.1, -0.05) is 36.4 Å². The van der Waals surface area contributed by atoms with E-state index in [1.165, 1.54) is 0 Å². The predicted octanol–water partition coefficient (Wildman–Crippen LogP) is 4.12. The molecule has 6 nitrogen and oxygen atoms in total. The molecule has 0 spiro atoms. The summed E-state index contributed by atoms with van der Waals surface area (Å²) in [6.45, 7) is 0.190. The molecule has 0 saturated carbocycles. The molecule has 2 aromatic carbocycles. The van der Waals surface area contributed by atoms with Gasteiger partial charge in [0.05, 0.1) is 14.2 Å². The number of hydrogen-bond donors (Lipinski definition) is 1. The topological polar surface area (TPSA) is 69.0 Å². The second-order valence-electron chi connectivity index (χ2n) is 6.95. The van der Waals surface area contributed by atoms with Gasteiger partial charge in [-0.3, -0.25) is 9.59 Å². The van der Waals surface area contributed by atoms with Crippen molar-refractivity contribution in [1.82, 2.24) is 9.72 Å². The SMILES string of the molecule is COc1ccc(-c2cc3ccccn3c2C(=O)C(=O)NCc2ccccc2OC)cc1. The number of aromatic nitrogens is 1. The number of nitrogens with one attached hydrogen (secondary N) is 1. The van der Waals surface area contributed by atoms with Crippen molar-refractivity contribution in [2.24, 2.45) is 0 Å². The number of carbonyl (C=O) groups is 2. The molecule has 1 N–H and O–H groups in total. The van der Waals surface area contributed by atoms with Crippen molar-refractivity contribution >= 4 is 17.2 Å². The highest BCUT2D eigenvalue weighted by Gasteiger charge is 2.24. The van der Waals surface area contributed by atoms with Gasteiger partial charge in [-0.05, 0) is 42.0 Å². The van der Waals surface area contributed by atoms with Gasteiger partial charge in [0.15, 0.2) is 0 Å². The van der Waals surface area contributed by atoms with Gasteiger partial charge in [-0.25, -0.2) is 0 Å². The van der Waals surface area contributed by atoms with Crippen molar-refractivity contribution in [1.29, 1.82) is 0 Å². The van der Waals surface area contributed by atoms with E-state index in [4.69, 9.17) is 9.47 Å². The molecule has 31 heavy (non-hydrogen) atoms. The lowest BCUT2D eigenvalue weighted by Crippen LogP contribution is -2.31. The predicted molar refractivity (Wildman–Crippen MR) is 119 cm³/mol. The molecule has 4 rings (SSSR count). The van der Waals surface area contributed by atoms with Gasteiger partial charge < -0.3 is 19.2 Å². The lowest BCUT2D eigenvalue weighted by Gasteiger charge is -2.10. The van der Waals surface area contributed by atoms with Gasteiger partial charge in [0.1, 0.15) is 17.2 Å². The third-order valence-corrected chi connectivity index (χ3v) is 5.13. The highest BCUT2D eigenvalue weighted by Crippen LogP contribution is 2.30. The van der Waals surface area contributed by atoms with Gasteiger partial charge in [0.2, 0.25) is 0 Å². The summed E-state index contributed by atoms with van der Waals surface area (Å²) in [6, 6.07) is 22.3. The van der Waals surface area contributed by atoms with Crippen LogP contribution in [0.2, 0.25) is 0 Å². The molecule has 0 aliphatic rings. The Kier molecular flexibility index (Phi) is 5.71. The lowest BCUT2D eigenvalue weighted by molar-refractivity contribution is -0.117. The smallest absolute Gasteiger partial charge is 0.294 e. The van der Waals surface area contributed by atoms with E-state index < -0.39 is 11.7 Å². The molecule has 1 amide bonds. The summed E-state index contributed by atoms with van der Waals surface area (Å²) in [7, 11) is 3.17. The molecule has 2 heterocycles. The molecule has 0 radical (unpaired) electrons. The summed E-state index contributed by atoms with van der Waals surface area (Å²) >= 11 is 0. The zero-order valence-corrected chi connectivity index (χ0v) is 17.3. The number of hydrogen-bond acceptors (Lipinski definition) is 4. The van der Waals surface area contributed by atoms with Crippen LogP contribution in [0.1, 0.15) is 16.1 Å². The Morgan fingerprint density at radius 1 is 0.903 bits per heavy atom. The van der Waals surface area contributed by atoms with E-state index in [1.807, 2.05) is 72.8 Å². The number of para-hydroxylation sites is 1. The van der Waals surface area contributed by atoms with E-state index >= 15 is 0 Å². The number of pyridine rings is 1. The number of benzene rings is 2. The van der Waals surface area contributed by atoms with Gasteiger partial charge in [0.25, 0.3) is 11.7 Å². The quantitative estimate of drug-likeness (QED) is 0.365. The van der Waals surface area contributed by atoms with Crippen LogP contribution in [0.5, 0.6) is 11.5 Å². The standard InChI is InChI=1S/C25H22N2O4/c1-30-20-12-10-17(11-13-20)21-15-19-8-5-6-14-27(19)23(21)24(28)25(29)26-16-18-7-3-4-9-22(18)31-2/h3-15H,16H2,1-2H3,(H,26,29). The van der Waals surface area contributed by atoms with Crippen molar-refractivity contribution in [2.45, 2.75) is 6.54 Å². The molecule has 0 aliphatic carbocycles. The summed E-state index contributed by atoms with van der Waals surface area (Å²) < 4.78 is 12.3. The molecule has 2 aromatic heterocycles. The molecular formula is C25H22N2O4. The van der Waals surface area contributed by atoms with Crippen LogP contribution in [-0.4, -0.2) is 30.3 Å². The number of ketones is 1. The number of carbonyl (C=O) groups excluding carboxylic acids is 2. The Balaban J connectivity index is 1.67. The summed E-state index contributed by atoms with van der Waals surface area (Å²) in [5.41, 5.74) is 3.45. The molecule has 156 valence electrons. The first-order valence-electron chi connectivity index (χ1n) is 9.81. The fourth-order valence-electron chi connectivity index (χ4n) is 3.56. The maximum Gasteiger partial charge on any atom is 0.294 e. The zero-order valence-electron chi connectivity index (χ0n) is 17.3. The van der Waals surface area contributed by atoms with Crippen LogP contribution in [0, 0.1) is 0 Å². The van der Waals surface area contributed by atoms with Crippen molar-refractivity contribution in [2.75, 3.05) is 14.2 Å². The van der Waals surface area contributed by atoms with E-state index in [0.717, 1.165) is 22.4 Å². The second-order valence-corrected chi connectivity index (χ2v) is 6.95. The summed E-state index contributed by atoms with van der Waals surface area (Å²) in [5, 5.41) is 2.72. The monoisotopic (exact) mass is 414 g/mol. The summed E-state index contributed by atoms with van der Waals surface area (Å²) in [5.74, 6) is 0.0914. The molecule has 0 saturated heterocycles. The average molecular weight is 414 g/mol. The minimum absolute atomic E-state index is 0.190.